The molecule has 0 N–H and O–H groups in total. The lowest BCUT2D eigenvalue weighted by atomic mass is 10.0. The topological polar surface area (TPSA) is 25.2 Å². The number of hydrogen-bond donors (Lipinski definition) is 0. The minimum atomic E-state index is 0.806. The largest absolute Gasteiger partial charge is 0.237 e. The molecule has 1 aromatic carbocycles. The fraction of sp³-hybridized carbons (Fsp3) is 0.222. The van der Waals surface area contributed by atoms with Gasteiger partial charge in [-0.2, -0.15) is 0 Å². The van der Waals surface area contributed by atoms with Crippen LogP contribution in [0.25, 0.3) is 6.08 Å². The molecular formula is C18H20N2. The highest BCUT2D eigenvalue weighted by molar-refractivity contribution is 6.02. The average molecular weight is 264 g/mol. The number of benzene rings is 1. The molecule has 2 nitrogen and oxygen atoms in total. The molecule has 0 spiro atoms. The van der Waals surface area contributed by atoms with Gasteiger partial charge in [0, 0.05) is 6.20 Å². The maximum Gasteiger partial charge on any atom is 0.154 e. The average Bonchev–Trinajstić information content (AvgIpc) is 2.49. The van der Waals surface area contributed by atoms with E-state index in [1.807, 2.05) is 37.3 Å². The van der Waals surface area contributed by atoms with Crippen LogP contribution in [0.3, 0.4) is 0 Å². The molecule has 2 heteroatoms. The molecule has 0 radical (unpaired) electrons. The summed E-state index contributed by atoms with van der Waals surface area (Å²) in [4.78, 5) is 9.13. The SMILES string of the molecule is C=Cc1cccc(/C(CCC)=N\c2ncccc2C)c1. The van der Waals surface area contributed by atoms with E-state index in [9.17, 15) is 0 Å². The van der Waals surface area contributed by atoms with Gasteiger partial charge in [-0.1, -0.05) is 50.3 Å². The van der Waals surface area contributed by atoms with Gasteiger partial charge < -0.3 is 0 Å². The van der Waals surface area contributed by atoms with Gasteiger partial charge in [0.25, 0.3) is 0 Å². The molecule has 0 unspecified atom stereocenters. The zero-order valence-corrected chi connectivity index (χ0v) is 12.1. The molecule has 2 aromatic rings. The Balaban J connectivity index is 2.45. The van der Waals surface area contributed by atoms with Crippen LogP contribution in [0.2, 0.25) is 0 Å². The Morgan fingerprint density at radius 1 is 1.30 bits per heavy atom. The van der Waals surface area contributed by atoms with Gasteiger partial charge in [-0.25, -0.2) is 9.98 Å². The summed E-state index contributed by atoms with van der Waals surface area (Å²) in [7, 11) is 0. The van der Waals surface area contributed by atoms with E-state index in [-0.39, 0.29) is 0 Å². The highest BCUT2D eigenvalue weighted by atomic mass is 14.9. The third kappa shape index (κ3) is 3.41. The van der Waals surface area contributed by atoms with Gasteiger partial charge in [0.2, 0.25) is 0 Å². The first kappa shape index (κ1) is 14.2. The number of rotatable bonds is 5. The molecule has 0 atom stereocenters. The molecule has 1 aromatic heterocycles. The maximum atomic E-state index is 4.76. The van der Waals surface area contributed by atoms with Crippen molar-refractivity contribution in [1.29, 1.82) is 0 Å². The predicted octanol–water partition coefficient (Wildman–Crippen LogP) is 4.95. The van der Waals surface area contributed by atoms with Crippen LogP contribution in [-0.2, 0) is 0 Å². The van der Waals surface area contributed by atoms with Gasteiger partial charge in [0.05, 0.1) is 5.71 Å². The summed E-state index contributed by atoms with van der Waals surface area (Å²) in [6.45, 7) is 8.03. The maximum absolute atomic E-state index is 4.76. The second kappa shape index (κ2) is 6.80. The summed E-state index contributed by atoms with van der Waals surface area (Å²) in [6, 6.07) is 12.3. The van der Waals surface area contributed by atoms with E-state index in [0.29, 0.717) is 0 Å². The fourth-order valence-corrected chi connectivity index (χ4v) is 2.07. The first-order chi connectivity index (χ1) is 9.74. The zero-order valence-electron chi connectivity index (χ0n) is 12.1. The van der Waals surface area contributed by atoms with Crippen LogP contribution in [0.15, 0.2) is 54.2 Å². The molecule has 2 rings (SSSR count). The smallest absolute Gasteiger partial charge is 0.154 e. The molecular weight excluding hydrogens is 244 g/mol. The van der Waals surface area contributed by atoms with Crippen LogP contribution >= 0.6 is 0 Å². The lowest BCUT2D eigenvalue weighted by Gasteiger charge is -2.07. The molecule has 1 heterocycles. The molecule has 0 saturated carbocycles. The Morgan fingerprint density at radius 2 is 2.15 bits per heavy atom. The van der Waals surface area contributed by atoms with E-state index < -0.39 is 0 Å². The standard InChI is InChI=1S/C18H20N2/c1-4-8-17(16-11-6-10-15(5-2)13-16)20-18-14(3)9-7-12-19-18/h5-7,9-13H,2,4,8H2,1,3H3/b20-17-. The quantitative estimate of drug-likeness (QED) is 0.701. The summed E-state index contributed by atoms with van der Waals surface area (Å²) in [5, 5.41) is 0. The van der Waals surface area contributed by atoms with E-state index in [0.717, 1.165) is 41.1 Å². The number of nitrogens with zero attached hydrogens (tertiary/aromatic N) is 2. The van der Waals surface area contributed by atoms with Gasteiger partial charge in [-0.05, 0) is 42.2 Å². The number of hydrogen-bond acceptors (Lipinski definition) is 2. The van der Waals surface area contributed by atoms with E-state index in [1.54, 1.807) is 6.20 Å². The fourth-order valence-electron chi connectivity index (χ4n) is 2.07. The predicted molar refractivity (Wildman–Crippen MR) is 86.6 cm³/mol. The van der Waals surface area contributed by atoms with Crippen molar-refractivity contribution in [3.8, 4) is 0 Å². The first-order valence-electron chi connectivity index (χ1n) is 6.96. The van der Waals surface area contributed by atoms with Crippen LogP contribution in [-0.4, -0.2) is 10.7 Å². The molecule has 20 heavy (non-hydrogen) atoms. The third-order valence-corrected chi connectivity index (χ3v) is 3.17. The Morgan fingerprint density at radius 3 is 2.85 bits per heavy atom. The molecule has 0 amide bonds. The number of aliphatic imine (C=N–C) groups is 1. The Bertz CT molecular complexity index is 627. The van der Waals surface area contributed by atoms with E-state index in [4.69, 9.17) is 4.99 Å². The van der Waals surface area contributed by atoms with Crippen molar-refractivity contribution in [2.75, 3.05) is 0 Å². The first-order valence-corrected chi connectivity index (χ1v) is 6.96. The second-order valence-electron chi connectivity index (χ2n) is 4.78. The summed E-state index contributed by atoms with van der Waals surface area (Å²) >= 11 is 0. The molecule has 0 aliphatic heterocycles. The Hall–Kier alpha value is -2.22. The van der Waals surface area contributed by atoms with Crippen LogP contribution in [0, 0.1) is 6.92 Å². The van der Waals surface area contributed by atoms with Crippen LogP contribution < -0.4 is 0 Å². The highest BCUT2D eigenvalue weighted by Crippen LogP contribution is 2.18. The van der Waals surface area contributed by atoms with E-state index >= 15 is 0 Å². The van der Waals surface area contributed by atoms with Crippen molar-refractivity contribution in [2.24, 2.45) is 4.99 Å². The van der Waals surface area contributed by atoms with Crippen molar-refractivity contribution < 1.29 is 0 Å². The summed E-state index contributed by atoms with van der Waals surface area (Å²) in [6.07, 6.45) is 5.65. The molecule has 0 bridgehead atoms. The lowest BCUT2D eigenvalue weighted by molar-refractivity contribution is 0.990. The van der Waals surface area contributed by atoms with Crippen LogP contribution in [0.5, 0.6) is 0 Å². The van der Waals surface area contributed by atoms with Crippen LogP contribution in [0.1, 0.15) is 36.5 Å². The van der Waals surface area contributed by atoms with Gasteiger partial charge in [0.1, 0.15) is 0 Å². The number of aromatic nitrogens is 1. The molecule has 0 fully saturated rings. The van der Waals surface area contributed by atoms with Gasteiger partial charge in [-0.3, -0.25) is 0 Å². The lowest BCUT2D eigenvalue weighted by Crippen LogP contribution is -2.01. The van der Waals surface area contributed by atoms with Gasteiger partial charge >= 0.3 is 0 Å². The van der Waals surface area contributed by atoms with Gasteiger partial charge in [-0.15, -0.1) is 0 Å². The molecule has 0 aliphatic rings. The summed E-state index contributed by atoms with van der Waals surface area (Å²) < 4.78 is 0. The molecule has 102 valence electrons. The molecule has 0 saturated heterocycles. The summed E-state index contributed by atoms with van der Waals surface area (Å²) in [5.74, 6) is 0.806. The van der Waals surface area contributed by atoms with Crippen molar-refractivity contribution in [3.05, 3.63) is 65.9 Å². The minimum absolute atomic E-state index is 0.806. The van der Waals surface area contributed by atoms with Crippen LogP contribution in [0.4, 0.5) is 5.82 Å². The van der Waals surface area contributed by atoms with Crippen molar-refractivity contribution >= 4 is 17.6 Å². The monoisotopic (exact) mass is 264 g/mol. The number of aryl methyl sites for hydroxylation is 1. The zero-order chi connectivity index (χ0) is 14.4. The van der Waals surface area contributed by atoms with E-state index in [2.05, 4.69) is 30.6 Å². The van der Waals surface area contributed by atoms with E-state index in [1.165, 1.54) is 0 Å². The summed E-state index contributed by atoms with van der Waals surface area (Å²) in [5.41, 5.74) is 4.44. The number of pyridine rings is 1. The Labute approximate surface area is 120 Å². The van der Waals surface area contributed by atoms with Gasteiger partial charge in [0.15, 0.2) is 5.82 Å². The van der Waals surface area contributed by atoms with Crippen molar-refractivity contribution in [2.45, 2.75) is 26.7 Å². The normalized spacial score (nSPS) is 11.4. The van der Waals surface area contributed by atoms with Crippen molar-refractivity contribution in [3.63, 3.8) is 0 Å². The minimum Gasteiger partial charge on any atom is -0.237 e. The van der Waals surface area contributed by atoms with Crippen molar-refractivity contribution in [1.82, 2.24) is 4.98 Å². The molecule has 0 aliphatic carbocycles. The third-order valence-electron chi connectivity index (χ3n) is 3.17. The highest BCUT2D eigenvalue weighted by Gasteiger charge is 2.05. The Kier molecular flexibility index (Phi) is 4.83. The second-order valence-corrected chi connectivity index (χ2v) is 4.78.